The van der Waals surface area contributed by atoms with E-state index in [9.17, 15) is 4.79 Å². The first-order valence-electron chi connectivity index (χ1n) is 8.49. The average Bonchev–Trinajstić information content (AvgIpc) is 2.73. The second-order valence-corrected chi connectivity index (χ2v) is 5.72. The van der Waals surface area contributed by atoms with Crippen LogP contribution in [0.15, 0.2) is 84.0 Å². The summed E-state index contributed by atoms with van der Waals surface area (Å²) in [5.41, 5.74) is 5.25. The molecular formula is C22H20N2O3. The average molecular weight is 360 g/mol. The summed E-state index contributed by atoms with van der Waals surface area (Å²) in [7, 11) is 1.60. The minimum Gasteiger partial charge on any atom is -0.497 e. The normalized spacial score (nSPS) is 10.6. The van der Waals surface area contributed by atoms with Gasteiger partial charge in [-0.15, -0.1) is 0 Å². The van der Waals surface area contributed by atoms with Gasteiger partial charge in [-0.2, -0.15) is 5.10 Å². The molecule has 0 unspecified atom stereocenters. The number of ether oxygens (including phenoxy) is 2. The molecule has 0 atom stereocenters. The molecule has 5 nitrogen and oxygen atoms in total. The lowest BCUT2D eigenvalue weighted by Gasteiger charge is -2.10. The number of methoxy groups -OCH3 is 1. The number of carbonyl (C=O) groups excluding carboxylic acids is 1. The number of rotatable bonds is 7. The van der Waals surface area contributed by atoms with E-state index in [4.69, 9.17) is 9.47 Å². The predicted octanol–water partition coefficient (Wildman–Crippen LogP) is 3.89. The maximum Gasteiger partial charge on any atom is 0.277 e. The molecule has 27 heavy (non-hydrogen) atoms. The zero-order chi connectivity index (χ0) is 18.9. The number of nitrogens with zero attached hydrogens (tertiary/aromatic N) is 1. The molecule has 0 aliphatic heterocycles. The summed E-state index contributed by atoms with van der Waals surface area (Å²) < 4.78 is 10.8. The van der Waals surface area contributed by atoms with Crippen LogP contribution in [0.5, 0.6) is 11.5 Å². The topological polar surface area (TPSA) is 59.9 Å². The monoisotopic (exact) mass is 360 g/mol. The van der Waals surface area contributed by atoms with E-state index < -0.39 is 0 Å². The van der Waals surface area contributed by atoms with Crippen LogP contribution in [-0.2, 0) is 4.79 Å². The van der Waals surface area contributed by atoms with Crippen LogP contribution in [0.4, 0.5) is 0 Å². The number of carbonyl (C=O) groups is 1. The second kappa shape index (κ2) is 9.20. The van der Waals surface area contributed by atoms with E-state index in [2.05, 4.69) is 10.5 Å². The molecule has 0 heterocycles. The van der Waals surface area contributed by atoms with Gasteiger partial charge in [-0.25, -0.2) is 5.43 Å². The van der Waals surface area contributed by atoms with Crippen molar-refractivity contribution in [2.24, 2.45) is 5.10 Å². The zero-order valence-corrected chi connectivity index (χ0v) is 15.0. The van der Waals surface area contributed by atoms with E-state index in [0.29, 0.717) is 5.75 Å². The highest BCUT2D eigenvalue weighted by atomic mass is 16.5. The van der Waals surface area contributed by atoms with Gasteiger partial charge in [0, 0.05) is 5.56 Å². The standard InChI is InChI=1S/C22H20N2O3/c1-26-19-11-7-8-17(14-19)15-23-24-22(25)16-27-21-13-6-5-12-20(21)18-9-3-2-4-10-18/h2-15H,16H2,1H3,(H,24,25). The number of hydrazone groups is 1. The first-order valence-corrected chi connectivity index (χ1v) is 8.49. The number of hydrogen-bond donors (Lipinski definition) is 1. The van der Waals surface area contributed by atoms with Gasteiger partial charge < -0.3 is 9.47 Å². The summed E-state index contributed by atoms with van der Waals surface area (Å²) in [5.74, 6) is 1.04. The van der Waals surface area contributed by atoms with Gasteiger partial charge in [0.1, 0.15) is 11.5 Å². The van der Waals surface area contributed by atoms with Crippen molar-refractivity contribution in [2.75, 3.05) is 13.7 Å². The van der Waals surface area contributed by atoms with Crippen LogP contribution in [-0.4, -0.2) is 25.8 Å². The minimum atomic E-state index is -0.336. The Hall–Kier alpha value is -3.60. The minimum absolute atomic E-state index is 0.126. The quantitative estimate of drug-likeness (QED) is 0.514. The van der Waals surface area contributed by atoms with Crippen molar-refractivity contribution in [2.45, 2.75) is 0 Å². The molecular weight excluding hydrogens is 340 g/mol. The lowest BCUT2D eigenvalue weighted by molar-refractivity contribution is -0.123. The van der Waals surface area contributed by atoms with E-state index in [1.165, 1.54) is 0 Å². The van der Waals surface area contributed by atoms with E-state index in [-0.39, 0.29) is 12.5 Å². The Labute approximate surface area is 158 Å². The summed E-state index contributed by atoms with van der Waals surface area (Å²) in [5, 5.41) is 3.95. The molecule has 0 aliphatic carbocycles. The van der Waals surface area contributed by atoms with Gasteiger partial charge >= 0.3 is 0 Å². The van der Waals surface area contributed by atoms with E-state index >= 15 is 0 Å². The lowest BCUT2D eigenvalue weighted by atomic mass is 10.1. The van der Waals surface area contributed by atoms with Crippen molar-refractivity contribution < 1.29 is 14.3 Å². The fraction of sp³-hybridized carbons (Fsp3) is 0.0909. The van der Waals surface area contributed by atoms with Crippen molar-refractivity contribution >= 4 is 12.1 Å². The van der Waals surface area contributed by atoms with Gasteiger partial charge in [0.05, 0.1) is 13.3 Å². The highest BCUT2D eigenvalue weighted by molar-refractivity contribution is 5.83. The lowest BCUT2D eigenvalue weighted by Crippen LogP contribution is -2.24. The molecule has 3 aromatic rings. The molecule has 0 radical (unpaired) electrons. The molecule has 0 spiro atoms. The predicted molar refractivity (Wildman–Crippen MR) is 106 cm³/mol. The summed E-state index contributed by atoms with van der Waals surface area (Å²) >= 11 is 0. The van der Waals surface area contributed by atoms with Crippen LogP contribution >= 0.6 is 0 Å². The van der Waals surface area contributed by atoms with Gasteiger partial charge in [0.25, 0.3) is 5.91 Å². The van der Waals surface area contributed by atoms with Gasteiger partial charge in [-0.3, -0.25) is 4.79 Å². The van der Waals surface area contributed by atoms with Crippen LogP contribution in [0, 0.1) is 0 Å². The second-order valence-electron chi connectivity index (χ2n) is 5.72. The fourth-order valence-electron chi connectivity index (χ4n) is 2.52. The molecule has 1 amide bonds. The SMILES string of the molecule is COc1cccc(C=NNC(=O)COc2ccccc2-c2ccccc2)c1. The smallest absolute Gasteiger partial charge is 0.277 e. The summed E-state index contributed by atoms with van der Waals surface area (Å²) in [6.07, 6.45) is 1.55. The molecule has 0 saturated heterocycles. The van der Waals surface area contributed by atoms with Crippen LogP contribution in [0.3, 0.4) is 0 Å². The van der Waals surface area contributed by atoms with Gasteiger partial charge in [-0.05, 0) is 29.3 Å². The summed E-state index contributed by atoms with van der Waals surface area (Å²) in [6, 6.07) is 24.9. The van der Waals surface area contributed by atoms with Crippen LogP contribution in [0.25, 0.3) is 11.1 Å². The highest BCUT2D eigenvalue weighted by Gasteiger charge is 2.07. The van der Waals surface area contributed by atoms with Gasteiger partial charge in [0.2, 0.25) is 0 Å². The number of benzene rings is 3. The van der Waals surface area contributed by atoms with E-state index in [1.54, 1.807) is 13.3 Å². The number of nitrogens with one attached hydrogen (secondary N) is 1. The van der Waals surface area contributed by atoms with Crippen LogP contribution < -0.4 is 14.9 Å². The molecule has 5 heteroatoms. The molecule has 3 aromatic carbocycles. The van der Waals surface area contributed by atoms with Crippen molar-refractivity contribution in [1.82, 2.24) is 5.43 Å². The third-order valence-corrected chi connectivity index (χ3v) is 3.83. The van der Waals surface area contributed by atoms with Crippen LogP contribution in [0.1, 0.15) is 5.56 Å². The molecule has 0 bridgehead atoms. The largest absolute Gasteiger partial charge is 0.497 e. The maximum absolute atomic E-state index is 12.0. The first-order chi connectivity index (χ1) is 13.3. The van der Waals surface area contributed by atoms with E-state index in [1.807, 2.05) is 78.9 Å². The molecule has 136 valence electrons. The van der Waals surface area contributed by atoms with Crippen molar-refractivity contribution in [1.29, 1.82) is 0 Å². The number of para-hydroxylation sites is 1. The van der Waals surface area contributed by atoms with Gasteiger partial charge in [0.15, 0.2) is 6.61 Å². The molecule has 0 aromatic heterocycles. The van der Waals surface area contributed by atoms with Crippen molar-refractivity contribution in [3.05, 3.63) is 84.4 Å². The number of amides is 1. The van der Waals surface area contributed by atoms with Gasteiger partial charge in [-0.1, -0.05) is 60.7 Å². The summed E-state index contributed by atoms with van der Waals surface area (Å²) in [4.78, 5) is 12.0. The highest BCUT2D eigenvalue weighted by Crippen LogP contribution is 2.29. The number of hydrogen-bond acceptors (Lipinski definition) is 4. The molecule has 1 N–H and O–H groups in total. The first kappa shape index (κ1) is 18.2. The Morgan fingerprint density at radius 1 is 1.00 bits per heavy atom. The maximum atomic E-state index is 12.0. The van der Waals surface area contributed by atoms with Crippen molar-refractivity contribution in [3.63, 3.8) is 0 Å². The molecule has 0 fully saturated rings. The third kappa shape index (κ3) is 5.19. The Balaban J connectivity index is 1.58. The third-order valence-electron chi connectivity index (χ3n) is 3.83. The molecule has 0 saturated carbocycles. The summed E-state index contributed by atoms with van der Waals surface area (Å²) in [6.45, 7) is -0.126. The Morgan fingerprint density at radius 3 is 2.59 bits per heavy atom. The van der Waals surface area contributed by atoms with E-state index in [0.717, 1.165) is 22.4 Å². The Kier molecular flexibility index (Phi) is 6.20. The molecule has 3 rings (SSSR count). The fourth-order valence-corrected chi connectivity index (χ4v) is 2.52. The Morgan fingerprint density at radius 2 is 1.78 bits per heavy atom. The zero-order valence-electron chi connectivity index (χ0n) is 15.0. The van der Waals surface area contributed by atoms with Crippen LogP contribution in [0.2, 0.25) is 0 Å². The van der Waals surface area contributed by atoms with Crippen molar-refractivity contribution in [3.8, 4) is 22.6 Å². The molecule has 0 aliphatic rings. The Bertz CT molecular complexity index is 924.